The van der Waals surface area contributed by atoms with E-state index in [1.54, 1.807) is 33.2 Å². The average Bonchev–Trinajstić information content (AvgIpc) is 2.94. The number of anilines is 1. The number of nitrogens with one attached hydrogen (secondary N) is 1. The molecule has 0 saturated heterocycles. The molecular formula is C16H21N3O3S. The van der Waals surface area contributed by atoms with Crippen molar-refractivity contribution >= 4 is 22.4 Å². The molecule has 0 bridgehead atoms. The van der Waals surface area contributed by atoms with Crippen LogP contribution in [0.5, 0.6) is 11.5 Å². The van der Waals surface area contributed by atoms with Gasteiger partial charge >= 0.3 is 0 Å². The maximum absolute atomic E-state index is 12.7. The molecule has 2 aromatic rings. The van der Waals surface area contributed by atoms with Crippen LogP contribution in [-0.2, 0) is 6.54 Å². The molecule has 1 aromatic heterocycles. The van der Waals surface area contributed by atoms with Crippen molar-refractivity contribution in [3.8, 4) is 11.5 Å². The predicted octanol–water partition coefficient (Wildman–Crippen LogP) is 2.78. The lowest BCUT2D eigenvalue weighted by atomic mass is 10.1. The van der Waals surface area contributed by atoms with E-state index in [1.165, 1.54) is 11.5 Å². The minimum atomic E-state index is -0.0598. The van der Waals surface area contributed by atoms with E-state index in [1.807, 2.05) is 25.1 Å². The van der Waals surface area contributed by atoms with Crippen LogP contribution in [0.15, 0.2) is 18.2 Å². The molecule has 1 N–H and O–H groups in total. The van der Waals surface area contributed by atoms with Crippen molar-refractivity contribution in [2.45, 2.75) is 13.5 Å². The molecule has 1 heterocycles. The van der Waals surface area contributed by atoms with Crippen LogP contribution in [0, 0.1) is 6.92 Å². The summed E-state index contributed by atoms with van der Waals surface area (Å²) in [4.78, 5) is 14.4. The Kier molecular flexibility index (Phi) is 5.44. The molecule has 0 aliphatic heterocycles. The van der Waals surface area contributed by atoms with Gasteiger partial charge in [-0.15, -0.1) is 0 Å². The Morgan fingerprint density at radius 3 is 2.61 bits per heavy atom. The molecule has 1 amide bonds. The summed E-state index contributed by atoms with van der Waals surface area (Å²) < 4.78 is 14.8. The third-order valence-corrected chi connectivity index (χ3v) is 4.47. The molecular weight excluding hydrogens is 314 g/mol. The second kappa shape index (κ2) is 7.32. The van der Waals surface area contributed by atoms with E-state index < -0.39 is 0 Å². The van der Waals surface area contributed by atoms with Crippen LogP contribution in [0.25, 0.3) is 0 Å². The zero-order chi connectivity index (χ0) is 17.0. The number of amides is 1. The van der Waals surface area contributed by atoms with E-state index in [0.717, 1.165) is 16.3 Å². The van der Waals surface area contributed by atoms with Crippen LogP contribution < -0.4 is 14.8 Å². The number of nitrogens with zero attached hydrogens (tertiary/aromatic N) is 2. The highest BCUT2D eigenvalue weighted by Crippen LogP contribution is 2.29. The second-order valence-electron chi connectivity index (χ2n) is 5.07. The monoisotopic (exact) mass is 335 g/mol. The van der Waals surface area contributed by atoms with Gasteiger partial charge in [0.05, 0.1) is 25.5 Å². The first-order chi connectivity index (χ1) is 11.0. The normalized spacial score (nSPS) is 10.3. The maximum Gasteiger partial charge on any atom is 0.258 e. The fraction of sp³-hybridized carbons (Fsp3) is 0.375. The molecule has 124 valence electrons. The molecule has 0 spiro atoms. The van der Waals surface area contributed by atoms with Crippen LogP contribution in [-0.4, -0.2) is 43.5 Å². The number of carbonyl (C=O) groups excluding carboxylic acids is 1. The number of aryl methyl sites for hydroxylation is 1. The van der Waals surface area contributed by atoms with Gasteiger partial charge in [-0.2, -0.15) is 4.37 Å². The van der Waals surface area contributed by atoms with Crippen LogP contribution in [0.2, 0.25) is 0 Å². The van der Waals surface area contributed by atoms with Gasteiger partial charge in [-0.25, -0.2) is 0 Å². The van der Waals surface area contributed by atoms with Crippen molar-refractivity contribution in [2.24, 2.45) is 0 Å². The lowest BCUT2D eigenvalue weighted by Crippen LogP contribution is -2.27. The molecule has 0 atom stereocenters. The van der Waals surface area contributed by atoms with Gasteiger partial charge in [0.15, 0.2) is 11.5 Å². The maximum atomic E-state index is 12.7. The van der Waals surface area contributed by atoms with Gasteiger partial charge in [0.25, 0.3) is 5.91 Å². The van der Waals surface area contributed by atoms with E-state index >= 15 is 0 Å². The molecule has 1 aromatic carbocycles. The van der Waals surface area contributed by atoms with Gasteiger partial charge in [0.1, 0.15) is 5.00 Å². The summed E-state index contributed by atoms with van der Waals surface area (Å²) in [6, 6.07) is 5.63. The molecule has 0 aliphatic carbocycles. The van der Waals surface area contributed by atoms with Gasteiger partial charge in [0, 0.05) is 20.6 Å². The van der Waals surface area contributed by atoms with Crippen molar-refractivity contribution in [2.75, 3.05) is 33.6 Å². The Hall–Kier alpha value is -2.28. The SMILES string of the molecule is CNc1snc(C)c1C(=O)N(C)Cc1ccc(OC)c(OC)c1. The lowest BCUT2D eigenvalue weighted by molar-refractivity contribution is 0.0785. The molecule has 0 unspecified atom stereocenters. The highest BCUT2D eigenvalue weighted by molar-refractivity contribution is 7.10. The standard InChI is InChI=1S/C16H21N3O3S/c1-10-14(15(17-2)23-18-10)16(20)19(3)9-11-6-7-12(21-4)13(8-11)22-5/h6-8,17H,9H2,1-5H3. The number of methoxy groups -OCH3 is 2. The Bertz CT molecular complexity index is 700. The van der Waals surface area contributed by atoms with E-state index in [2.05, 4.69) is 9.69 Å². The summed E-state index contributed by atoms with van der Waals surface area (Å²) in [7, 11) is 6.75. The minimum absolute atomic E-state index is 0.0598. The Morgan fingerprint density at radius 1 is 1.30 bits per heavy atom. The number of rotatable bonds is 6. The molecule has 7 heteroatoms. The number of hydrogen-bond donors (Lipinski definition) is 1. The van der Waals surface area contributed by atoms with Crippen LogP contribution in [0.3, 0.4) is 0 Å². The molecule has 0 fully saturated rings. The van der Waals surface area contributed by atoms with Crippen LogP contribution >= 0.6 is 11.5 Å². The number of hydrogen-bond acceptors (Lipinski definition) is 6. The molecule has 0 radical (unpaired) electrons. The van der Waals surface area contributed by atoms with Crippen molar-refractivity contribution in [3.63, 3.8) is 0 Å². The summed E-state index contributed by atoms with van der Waals surface area (Å²) >= 11 is 1.29. The van der Waals surface area contributed by atoms with Crippen molar-refractivity contribution in [3.05, 3.63) is 35.0 Å². The highest BCUT2D eigenvalue weighted by Gasteiger charge is 2.21. The van der Waals surface area contributed by atoms with Crippen molar-refractivity contribution in [1.82, 2.24) is 9.27 Å². The molecule has 23 heavy (non-hydrogen) atoms. The van der Waals surface area contributed by atoms with Crippen LogP contribution in [0.1, 0.15) is 21.6 Å². The third kappa shape index (κ3) is 3.56. The predicted molar refractivity (Wildman–Crippen MR) is 91.7 cm³/mol. The van der Waals surface area contributed by atoms with Crippen LogP contribution in [0.4, 0.5) is 5.00 Å². The summed E-state index contributed by atoms with van der Waals surface area (Å²) in [5, 5.41) is 3.81. The van der Waals surface area contributed by atoms with E-state index in [9.17, 15) is 4.79 Å². The average molecular weight is 335 g/mol. The summed E-state index contributed by atoms with van der Waals surface area (Å²) in [5.74, 6) is 1.26. The number of benzene rings is 1. The third-order valence-electron chi connectivity index (χ3n) is 3.52. The molecule has 0 saturated carbocycles. The van der Waals surface area contributed by atoms with Gasteiger partial charge in [0.2, 0.25) is 0 Å². The molecule has 0 aliphatic rings. The second-order valence-corrected chi connectivity index (χ2v) is 5.85. The zero-order valence-corrected chi connectivity index (χ0v) is 14.8. The van der Waals surface area contributed by atoms with Gasteiger partial charge in [-0.1, -0.05) is 6.07 Å². The topological polar surface area (TPSA) is 63.7 Å². The number of carbonyl (C=O) groups is 1. The smallest absolute Gasteiger partial charge is 0.258 e. The van der Waals surface area contributed by atoms with Crippen molar-refractivity contribution in [1.29, 1.82) is 0 Å². The fourth-order valence-electron chi connectivity index (χ4n) is 2.31. The van der Waals surface area contributed by atoms with Gasteiger partial charge < -0.3 is 19.7 Å². The number of ether oxygens (including phenoxy) is 2. The van der Waals surface area contributed by atoms with E-state index in [0.29, 0.717) is 23.6 Å². The minimum Gasteiger partial charge on any atom is -0.493 e. The van der Waals surface area contributed by atoms with Gasteiger partial charge in [-0.3, -0.25) is 4.79 Å². The number of aromatic nitrogens is 1. The Morgan fingerprint density at radius 2 is 2.00 bits per heavy atom. The summed E-state index contributed by atoms with van der Waals surface area (Å²) in [6.07, 6.45) is 0. The highest BCUT2D eigenvalue weighted by atomic mass is 32.1. The van der Waals surface area contributed by atoms with Crippen molar-refractivity contribution < 1.29 is 14.3 Å². The van der Waals surface area contributed by atoms with E-state index in [4.69, 9.17) is 9.47 Å². The molecule has 2 rings (SSSR count). The summed E-state index contributed by atoms with van der Waals surface area (Å²) in [5.41, 5.74) is 2.33. The largest absolute Gasteiger partial charge is 0.493 e. The lowest BCUT2D eigenvalue weighted by Gasteiger charge is -2.18. The summed E-state index contributed by atoms with van der Waals surface area (Å²) in [6.45, 7) is 2.31. The first kappa shape index (κ1) is 17.1. The molecule has 6 nitrogen and oxygen atoms in total. The first-order valence-electron chi connectivity index (χ1n) is 7.12. The van der Waals surface area contributed by atoms with E-state index in [-0.39, 0.29) is 5.91 Å². The quantitative estimate of drug-likeness (QED) is 0.879. The zero-order valence-electron chi connectivity index (χ0n) is 14.0. The fourth-order valence-corrected chi connectivity index (χ4v) is 3.04. The Balaban J connectivity index is 2.20. The first-order valence-corrected chi connectivity index (χ1v) is 7.89. The van der Waals surface area contributed by atoms with Gasteiger partial charge in [-0.05, 0) is 36.2 Å². The Labute approximate surface area is 140 Å².